The van der Waals surface area contributed by atoms with Crippen molar-refractivity contribution in [2.75, 3.05) is 20.8 Å². The van der Waals surface area contributed by atoms with Gasteiger partial charge in [0.05, 0.1) is 25.1 Å². The maximum atomic E-state index is 11.5. The number of carbonyl (C=O) groups excluding carboxylic acids is 1. The van der Waals surface area contributed by atoms with Crippen LogP contribution in [0.15, 0.2) is 36.1 Å². The van der Waals surface area contributed by atoms with Gasteiger partial charge in [0.2, 0.25) is 0 Å². The molecule has 0 aromatic heterocycles. The van der Waals surface area contributed by atoms with E-state index in [1.54, 1.807) is 21.1 Å². The van der Waals surface area contributed by atoms with Crippen molar-refractivity contribution in [1.29, 1.82) is 0 Å². The number of rotatable bonds is 6. The van der Waals surface area contributed by atoms with Crippen LogP contribution in [0.25, 0.3) is 0 Å². The highest BCUT2D eigenvalue weighted by molar-refractivity contribution is 5.82. The second kappa shape index (κ2) is 6.06. The summed E-state index contributed by atoms with van der Waals surface area (Å²) < 4.78 is 16.1. The summed E-state index contributed by atoms with van der Waals surface area (Å²) in [6.07, 6.45) is 6.36. The van der Waals surface area contributed by atoms with E-state index in [4.69, 9.17) is 14.2 Å². The Morgan fingerprint density at radius 1 is 1.52 bits per heavy atom. The smallest absolute Gasteiger partial charge is 0.330 e. The van der Waals surface area contributed by atoms with Crippen molar-refractivity contribution in [3.63, 3.8) is 0 Å². The van der Waals surface area contributed by atoms with E-state index in [2.05, 4.69) is 12.7 Å². The first-order valence-electron chi connectivity index (χ1n) is 7.32. The number of esters is 1. The Morgan fingerprint density at radius 2 is 2.24 bits per heavy atom. The van der Waals surface area contributed by atoms with E-state index in [0.29, 0.717) is 12.5 Å². The van der Waals surface area contributed by atoms with Gasteiger partial charge < -0.3 is 14.2 Å². The van der Waals surface area contributed by atoms with Crippen LogP contribution in [0.1, 0.15) is 20.3 Å². The molecule has 0 spiro atoms. The lowest BCUT2D eigenvalue weighted by Crippen LogP contribution is -2.15. The fourth-order valence-corrected chi connectivity index (χ4v) is 3.36. The van der Waals surface area contributed by atoms with Gasteiger partial charge in [0.15, 0.2) is 0 Å². The predicted octanol–water partition coefficient (Wildman–Crippen LogP) is 2.86. The summed E-state index contributed by atoms with van der Waals surface area (Å²) in [6.45, 7) is 8.23. The van der Waals surface area contributed by atoms with E-state index < -0.39 is 5.60 Å². The van der Waals surface area contributed by atoms with Crippen LogP contribution in [0.2, 0.25) is 0 Å². The lowest BCUT2D eigenvalue weighted by atomic mass is 9.88. The third-order valence-corrected chi connectivity index (χ3v) is 4.55. The molecule has 4 atom stereocenters. The molecule has 1 saturated carbocycles. The molecular weight excluding hydrogens is 268 g/mol. The van der Waals surface area contributed by atoms with Gasteiger partial charge >= 0.3 is 5.97 Å². The molecule has 4 nitrogen and oxygen atoms in total. The standard InChI is InChI=1S/C17H24O4/c1-6-21-16(18)7-8-17(20-5)13-9-12(11(2)3)15(19-4)10-14(13)17/h7-8,10,12-14H,2,6,9H2,1,3-5H3/b8-7+/t12-,13+,14-,17+/m1/s1. The maximum absolute atomic E-state index is 11.5. The Hall–Kier alpha value is -1.55. The molecule has 21 heavy (non-hydrogen) atoms. The molecule has 116 valence electrons. The number of allylic oxidation sites excluding steroid dienone is 1. The Balaban J connectivity index is 2.18. The van der Waals surface area contributed by atoms with Crippen LogP contribution in [0.4, 0.5) is 0 Å². The van der Waals surface area contributed by atoms with Gasteiger partial charge in [-0.05, 0) is 32.4 Å². The molecule has 0 amide bonds. The number of ether oxygens (including phenoxy) is 3. The van der Waals surface area contributed by atoms with Crippen molar-refractivity contribution in [2.24, 2.45) is 17.8 Å². The molecule has 0 aromatic rings. The van der Waals surface area contributed by atoms with Crippen LogP contribution >= 0.6 is 0 Å². The topological polar surface area (TPSA) is 44.8 Å². The number of methoxy groups -OCH3 is 2. The summed E-state index contributed by atoms with van der Waals surface area (Å²) in [7, 11) is 3.37. The number of fused-ring (bicyclic) bond motifs is 1. The van der Waals surface area contributed by atoms with Crippen LogP contribution in [-0.4, -0.2) is 32.4 Å². The molecule has 1 fully saturated rings. The van der Waals surface area contributed by atoms with Crippen LogP contribution in [-0.2, 0) is 19.0 Å². The summed E-state index contributed by atoms with van der Waals surface area (Å²) in [6, 6.07) is 0. The van der Waals surface area contributed by atoms with Crippen molar-refractivity contribution in [3.8, 4) is 0 Å². The molecule has 2 aliphatic carbocycles. The Kier molecular flexibility index (Phi) is 4.57. The lowest BCUT2D eigenvalue weighted by Gasteiger charge is -2.22. The molecule has 0 saturated heterocycles. The first kappa shape index (κ1) is 15.8. The third-order valence-electron chi connectivity index (χ3n) is 4.55. The average molecular weight is 292 g/mol. The summed E-state index contributed by atoms with van der Waals surface area (Å²) in [5.74, 6) is 1.45. The van der Waals surface area contributed by atoms with Crippen LogP contribution in [0.5, 0.6) is 0 Å². The van der Waals surface area contributed by atoms with Gasteiger partial charge in [-0.2, -0.15) is 0 Å². The van der Waals surface area contributed by atoms with Crippen molar-refractivity contribution in [1.82, 2.24) is 0 Å². The van der Waals surface area contributed by atoms with E-state index in [1.165, 1.54) is 6.08 Å². The summed E-state index contributed by atoms with van der Waals surface area (Å²) in [5.41, 5.74) is 0.675. The molecule has 0 radical (unpaired) electrons. The van der Waals surface area contributed by atoms with Gasteiger partial charge in [-0.3, -0.25) is 0 Å². The molecule has 2 rings (SSSR count). The first-order chi connectivity index (χ1) is 10.00. The third kappa shape index (κ3) is 2.77. The predicted molar refractivity (Wildman–Crippen MR) is 80.5 cm³/mol. The molecule has 2 aliphatic rings. The minimum atomic E-state index is -0.416. The molecule has 0 N–H and O–H groups in total. The van der Waals surface area contributed by atoms with E-state index in [9.17, 15) is 4.79 Å². The first-order valence-corrected chi connectivity index (χ1v) is 7.32. The SMILES string of the molecule is C=C(C)[C@H]1C[C@H]2[C@@H](C=C1OC)[C@@]2(/C=C/C(=O)OCC)OC. The zero-order valence-electron chi connectivity index (χ0n) is 13.2. The Morgan fingerprint density at radius 3 is 2.76 bits per heavy atom. The van der Waals surface area contributed by atoms with Gasteiger partial charge in [-0.1, -0.05) is 12.2 Å². The molecule has 0 unspecified atom stereocenters. The maximum Gasteiger partial charge on any atom is 0.330 e. The zero-order valence-corrected chi connectivity index (χ0v) is 13.2. The highest BCUT2D eigenvalue weighted by Crippen LogP contribution is 2.62. The largest absolute Gasteiger partial charge is 0.501 e. The quantitative estimate of drug-likeness (QED) is 0.429. The van der Waals surface area contributed by atoms with Crippen molar-refractivity contribution < 1.29 is 19.0 Å². The summed E-state index contributed by atoms with van der Waals surface area (Å²) in [4.78, 5) is 11.5. The molecule has 4 heteroatoms. The van der Waals surface area contributed by atoms with Crippen molar-refractivity contribution >= 4 is 5.97 Å². The Labute approximate surface area is 126 Å². The highest BCUT2D eigenvalue weighted by Gasteiger charge is 2.65. The number of carbonyl (C=O) groups is 1. The lowest BCUT2D eigenvalue weighted by molar-refractivity contribution is -0.137. The van der Waals surface area contributed by atoms with Crippen molar-refractivity contribution in [3.05, 3.63) is 36.1 Å². The highest BCUT2D eigenvalue weighted by atomic mass is 16.5. The van der Waals surface area contributed by atoms with Crippen LogP contribution in [0.3, 0.4) is 0 Å². The molecule has 0 bridgehead atoms. The molecule has 0 aliphatic heterocycles. The molecular formula is C17H24O4. The number of hydrogen-bond donors (Lipinski definition) is 0. The van der Waals surface area contributed by atoms with E-state index in [0.717, 1.165) is 17.8 Å². The zero-order chi connectivity index (χ0) is 15.6. The second-order valence-electron chi connectivity index (χ2n) is 5.68. The van der Waals surface area contributed by atoms with Crippen LogP contribution < -0.4 is 0 Å². The molecule has 0 heterocycles. The Bertz CT molecular complexity index is 491. The summed E-state index contributed by atoms with van der Waals surface area (Å²) in [5, 5.41) is 0. The van der Waals surface area contributed by atoms with Gasteiger partial charge in [-0.15, -0.1) is 0 Å². The van der Waals surface area contributed by atoms with E-state index in [-0.39, 0.29) is 17.8 Å². The summed E-state index contributed by atoms with van der Waals surface area (Å²) >= 11 is 0. The molecule has 0 aromatic carbocycles. The normalized spacial score (nSPS) is 34.1. The van der Waals surface area contributed by atoms with Crippen LogP contribution in [0, 0.1) is 17.8 Å². The van der Waals surface area contributed by atoms with Gasteiger partial charge in [0.1, 0.15) is 0 Å². The monoisotopic (exact) mass is 292 g/mol. The fraction of sp³-hybridized carbons (Fsp3) is 0.588. The fourth-order valence-electron chi connectivity index (χ4n) is 3.36. The van der Waals surface area contributed by atoms with E-state index >= 15 is 0 Å². The minimum absolute atomic E-state index is 0.226. The van der Waals surface area contributed by atoms with Gasteiger partial charge in [-0.25, -0.2) is 4.79 Å². The number of hydrogen-bond acceptors (Lipinski definition) is 4. The minimum Gasteiger partial charge on any atom is -0.501 e. The van der Waals surface area contributed by atoms with Gasteiger partial charge in [0.25, 0.3) is 0 Å². The van der Waals surface area contributed by atoms with Crippen molar-refractivity contribution in [2.45, 2.75) is 25.9 Å². The average Bonchev–Trinajstić information content (AvgIpc) is 3.11. The van der Waals surface area contributed by atoms with Gasteiger partial charge in [0, 0.05) is 30.9 Å². The second-order valence-corrected chi connectivity index (χ2v) is 5.68. The van der Waals surface area contributed by atoms with E-state index in [1.807, 2.05) is 13.0 Å².